The van der Waals surface area contributed by atoms with Crippen LogP contribution >= 0.6 is 0 Å². The highest BCUT2D eigenvalue weighted by atomic mass is 16.5. The molecule has 128 valence electrons. The van der Waals surface area contributed by atoms with Crippen molar-refractivity contribution >= 4 is 17.8 Å². The van der Waals surface area contributed by atoms with E-state index in [1.165, 1.54) is 6.20 Å². The molecular weight excluding hydrogens is 330 g/mol. The Morgan fingerprint density at radius 2 is 1.64 bits per heavy atom. The number of nitrogens with zero attached hydrogens (tertiary/aromatic N) is 2. The van der Waals surface area contributed by atoms with Gasteiger partial charge in [0.2, 0.25) is 0 Å². The molecule has 9 heteroatoms. The van der Waals surface area contributed by atoms with Gasteiger partial charge in [0.15, 0.2) is 0 Å². The van der Waals surface area contributed by atoms with Crippen LogP contribution in [0.5, 0.6) is 0 Å². The zero-order chi connectivity index (χ0) is 18.0. The van der Waals surface area contributed by atoms with Crippen molar-refractivity contribution in [1.82, 2.24) is 14.5 Å². The number of nitrogens with one attached hydrogen (secondary N) is 1. The zero-order valence-corrected chi connectivity index (χ0v) is 12.9. The van der Waals surface area contributed by atoms with Gasteiger partial charge in [-0.1, -0.05) is 12.1 Å². The third-order valence-corrected chi connectivity index (χ3v) is 3.65. The maximum absolute atomic E-state index is 12.1. The Hall–Kier alpha value is -3.49. The third kappa shape index (κ3) is 3.25. The van der Waals surface area contributed by atoms with E-state index >= 15 is 0 Å². The van der Waals surface area contributed by atoms with Gasteiger partial charge in [-0.05, 0) is 12.1 Å². The van der Waals surface area contributed by atoms with Gasteiger partial charge in [0, 0.05) is 12.3 Å². The Morgan fingerprint density at radius 1 is 1.00 bits per heavy atom. The molecule has 1 aromatic carbocycles. The quantitative estimate of drug-likeness (QED) is 0.571. The smallest absolute Gasteiger partial charge is 0.328 e. The Kier molecular flexibility index (Phi) is 4.29. The molecule has 2 aromatic rings. The molecule has 0 spiro atoms. The molecule has 0 aliphatic carbocycles. The highest BCUT2D eigenvalue weighted by molar-refractivity contribution is 6.21. The number of rotatable bonds is 5. The van der Waals surface area contributed by atoms with E-state index in [9.17, 15) is 24.0 Å². The minimum Gasteiger partial charge on any atom is -0.462 e. The number of ether oxygens (including phenoxy) is 1. The molecule has 2 amide bonds. The number of aromatic nitrogens is 2. The fourth-order valence-corrected chi connectivity index (χ4v) is 2.45. The maximum Gasteiger partial charge on any atom is 0.328 e. The first-order valence-electron chi connectivity index (χ1n) is 7.38. The van der Waals surface area contributed by atoms with E-state index in [1.54, 1.807) is 24.3 Å². The van der Waals surface area contributed by atoms with Crippen molar-refractivity contribution in [2.75, 3.05) is 13.2 Å². The summed E-state index contributed by atoms with van der Waals surface area (Å²) in [7, 11) is 0. The van der Waals surface area contributed by atoms with E-state index in [0.717, 1.165) is 15.5 Å². The van der Waals surface area contributed by atoms with E-state index in [1.807, 2.05) is 4.98 Å². The van der Waals surface area contributed by atoms with Crippen LogP contribution in [0.1, 0.15) is 20.7 Å². The molecule has 0 radical (unpaired) electrons. The number of carbonyl (C=O) groups is 3. The summed E-state index contributed by atoms with van der Waals surface area (Å²) in [6.45, 7) is -0.668. The lowest BCUT2D eigenvalue weighted by Gasteiger charge is -2.14. The Labute approximate surface area is 140 Å². The van der Waals surface area contributed by atoms with Crippen molar-refractivity contribution in [1.29, 1.82) is 0 Å². The second-order valence-corrected chi connectivity index (χ2v) is 5.27. The van der Waals surface area contributed by atoms with Crippen molar-refractivity contribution in [3.8, 4) is 0 Å². The third-order valence-electron chi connectivity index (χ3n) is 3.65. The predicted octanol–water partition coefficient (Wildman–Crippen LogP) is -0.624. The lowest BCUT2D eigenvalue weighted by Crippen LogP contribution is -2.35. The fraction of sp³-hybridized carbons (Fsp3) is 0.188. The molecule has 1 aliphatic heterocycles. The maximum atomic E-state index is 12.1. The van der Waals surface area contributed by atoms with Gasteiger partial charge >= 0.3 is 11.7 Å². The molecule has 3 rings (SSSR count). The molecule has 25 heavy (non-hydrogen) atoms. The van der Waals surface area contributed by atoms with Gasteiger partial charge in [-0.25, -0.2) is 4.79 Å². The first kappa shape index (κ1) is 16.4. The highest BCUT2D eigenvalue weighted by Gasteiger charge is 2.34. The van der Waals surface area contributed by atoms with E-state index < -0.39 is 35.6 Å². The normalized spacial score (nSPS) is 13.0. The van der Waals surface area contributed by atoms with Crippen molar-refractivity contribution in [2.45, 2.75) is 6.54 Å². The van der Waals surface area contributed by atoms with Crippen LogP contribution < -0.4 is 11.2 Å². The number of hydrogen-bond acceptors (Lipinski definition) is 6. The van der Waals surface area contributed by atoms with Gasteiger partial charge in [0.25, 0.3) is 17.4 Å². The van der Waals surface area contributed by atoms with Gasteiger partial charge in [0.1, 0.15) is 13.2 Å². The van der Waals surface area contributed by atoms with E-state index in [-0.39, 0.29) is 13.2 Å². The molecule has 0 bridgehead atoms. The Balaban J connectivity index is 1.56. The van der Waals surface area contributed by atoms with Gasteiger partial charge in [-0.3, -0.25) is 33.6 Å². The Bertz CT molecular complexity index is 939. The first-order valence-corrected chi connectivity index (χ1v) is 7.38. The number of fused-ring (bicyclic) bond motifs is 1. The van der Waals surface area contributed by atoms with E-state index in [4.69, 9.17) is 4.74 Å². The van der Waals surface area contributed by atoms with Crippen molar-refractivity contribution < 1.29 is 19.1 Å². The minimum absolute atomic E-state index is 0.0847. The van der Waals surface area contributed by atoms with Crippen LogP contribution in [0.15, 0.2) is 46.1 Å². The minimum atomic E-state index is -0.732. The first-order chi connectivity index (χ1) is 12.0. The van der Waals surface area contributed by atoms with Gasteiger partial charge in [-0.2, -0.15) is 0 Å². The molecule has 0 saturated carbocycles. The van der Waals surface area contributed by atoms with Gasteiger partial charge in [0.05, 0.1) is 17.7 Å². The van der Waals surface area contributed by atoms with Gasteiger partial charge < -0.3 is 4.74 Å². The highest BCUT2D eigenvalue weighted by Crippen LogP contribution is 2.21. The molecule has 1 aliphatic rings. The number of carbonyl (C=O) groups excluding carboxylic acids is 3. The number of imide groups is 1. The Morgan fingerprint density at radius 3 is 2.24 bits per heavy atom. The predicted molar refractivity (Wildman–Crippen MR) is 84.1 cm³/mol. The molecule has 1 aromatic heterocycles. The van der Waals surface area contributed by atoms with Crippen LogP contribution in [0.3, 0.4) is 0 Å². The fourth-order valence-electron chi connectivity index (χ4n) is 2.45. The molecule has 0 fully saturated rings. The monoisotopic (exact) mass is 343 g/mol. The van der Waals surface area contributed by atoms with Crippen molar-refractivity contribution in [3.05, 3.63) is 68.5 Å². The number of amides is 2. The standard InChI is InChI=1S/C16H13N3O6/c20-12-5-6-18(16(24)17-12)9-13(21)25-8-7-19-14(22)10-3-1-2-4-11(10)15(19)23/h1-6H,7-9H2,(H,17,20,24). The second kappa shape index (κ2) is 6.56. The molecule has 2 heterocycles. The summed E-state index contributed by atoms with van der Waals surface area (Å²) in [4.78, 5) is 61.5. The number of hydrogen-bond donors (Lipinski definition) is 1. The summed E-state index contributed by atoms with van der Waals surface area (Å²) < 4.78 is 5.93. The van der Waals surface area contributed by atoms with E-state index in [0.29, 0.717) is 11.1 Å². The summed E-state index contributed by atoms with van der Waals surface area (Å²) in [5.41, 5.74) is -0.665. The van der Waals surface area contributed by atoms with Crippen LogP contribution in [0.2, 0.25) is 0 Å². The molecule has 0 unspecified atom stereocenters. The molecule has 0 saturated heterocycles. The van der Waals surface area contributed by atoms with Crippen LogP contribution in [0.4, 0.5) is 0 Å². The van der Waals surface area contributed by atoms with Crippen molar-refractivity contribution in [2.24, 2.45) is 0 Å². The van der Waals surface area contributed by atoms with Crippen LogP contribution in [-0.4, -0.2) is 45.4 Å². The van der Waals surface area contributed by atoms with Crippen LogP contribution in [0, 0.1) is 0 Å². The summed E-state index contributed by atoms with van der Waals surface area (Å²) in [5.74, 6) is -1.60. The molecule has 9 nitrogen and oxygen atoms in total. The average Bonchev–Trinajstić information content (AvgIpc) is 2.83. The number of esters is 1. The van der Waals surface area contributed by atoms with Crippen LogP contribution in [0.25, 0.3) is 0 Å². The number of aromatic amines is 1. The molecule has 1 N–H and O–H groups in total. The molecular formula is C16H13N3O6. The summed E-state index contributed by atoms with van der Waals surface area (Å²) >= 11 is 0. The van der Waals surface area contributed by atoms with Crippen LogP contribution in [-0.2, 0) is 16.1 Å². The lowest BCUT2D eigenvalue weighted by atomic mass is 10.1. The SMILES string of the molecule is O=C(Cn1ccc(=O)[nH]c1=O)OCCN1C(=O)c2ccccc2C1=O. The molecule has 0 atom stereocenters. The summed E-state index contributed by atoms with van der Waals surface area (Å²) in [6.07, 6.45) is 1.17. The average molecular weight is 343 g/mol. The van der Waals surface area contributed by atoms with Crippen molar-refractivity contribution in [3.63, 3.8) is 0 Å². The lowest BCUT2D eigenvalue weighted by molar-refractivity contribution is -0.144. The topological polar surface area (TPSA) is 119 Å². The largest absolute Gasteiger partial charge is 0.462 e. The van der Waals surface area contributed by atoms with E-state index in [2.05, 4.69) is 0 Å². The number of benzene rings is 1. The summed E-state index contributed by atoms with van der Waals surface area (Å²) in [6, 6.07) is 7.55. The number of H-pyrrole nitrogens is 1. The van der Waals surface area contributed by atoms with Gasteiger partial charge in [-0.15, -0.1) is 0 Å². The zero-order valence-electron chi connectivity index (χ0n) is 12.9. The summed E-state index contributed by atoms with van der Waals surface area (Å²) in [5, 5.41) is 0. The second-order valence-electron chi connectivity index (χ2n) is 5.27.